The van der Waals surface area contributed by atoms with E-state index in [1.807, 2.05) is 12.1 Å². The Morgan fingerprint density at radius 3 is 1.24 bits per heavy atom. The number of carboxylic acids is 2. The van der Waals surface area contributed by atoms with Crippen LogP contribution in [0.5, 0.6) is 0 Å². The fraction of sp³-hybridized carbons (Fsp3) is 0. The topological polar surface area (TPSA) is 195 Å². The quantitative estimate of drug-likeness (QED) is 0.326. The Kier molecular flexibility index (Phi) is 9.99. The van der Waals surface area contributed by atoms with Gasteiger partial charge in [0.15, 0.2) is 0 Å². The molecule has 0 bridgehead atoms. The molecule has 1 radical (unpaired) electrons. The Labute approximate surface area is 174 Å². The molecular weight excluding hydrogens is 432 g/mol. The Bertz CT molecular complexity index is 1040. The minimum Gasteiger partial charge on any atom is -0.543 e. The summed E-state index contributed by atoms with van der Waals surface area (Å²) in [6.07, 6.45) is 2.38. The molecule has 0 spiro atoms. The van der Waals surface area contributed by atoms with E-state index in [9.17, 15) is 19.8 Å². The van der Waals surface area contributed by atoms with Gasteiger partial charge in [0.1, 0.15) is 11.4 Å². The van der Waals surface area contributed by atoms with Crippen molar-refractivity contribution in [3.05, 3.63) is 72.3 Å². The predicted octanol–water partition coefficient (Wildman–Crippen LogP) is -1.67. The molecule has 0 aliphatic rings. The summed E-state index contributed by atoms with van der Waals surface area (Å²) in [4.78, 5) is 36.4. The van der Waals surface area contributed by atoms with Crippen LogP contribution in [0.25, 0.3) is 22.1 Å². The van der Waals surface area contributed by atoms with Gasteiger partial charge in [-0.3, -0.25) is 9.97 Å². The number of hydrogen-bond donors (Lipinski definition) is 0. The Morgan fingerprint density at radius 1 is 0.621 bits per heavy atom. The summed E-state index contributed by atoms with van der Waals surface area (Å²) < 4.78 is 0. The average Bonchev–Trinajstić information content (AvgIpc) is 2.67. The van der Waals surface area contributed by atoms with Gasteiger partial charge < -0.3 is 30.8 Å². The van der Waals surface area contributed by atoms with Gasteiger partial charge in [0, 0.05) is 0 Å². The third-order valence-corrected chi connectivity index (χ3v) is 3.32. The van der Waals surface area contributed by atoms with Crippen molar-refractivity contribution in [2.75, 3.05) is 0 Å². The monoisotopic (exact) mass is 445 g/mol. The SMILES string of the molecule is O.O.O=C([O-])c1cnc2ccccc2n1.O=C([O-])c1cnc2ccccc2n1.[Cu+2]. The van der Waals surface area contributed by atoms with Gasteiger partial charge in [-0.1, -0.05) is 24.3 Å². The molecule has 11 heteroatoms. The molecular formula is C18H14CuN4O6. The van der Waals surface area contributed by atoms with Crippen molar-refractivity contribution in [3.63, 3.8) is 0 Å². The van der Waals surface area contributed by atoms with Crippen LogP contribution in [0.1, 0.15) is 21.0 Å². The van der Waals surface area contributed by atoms with Crippen LogP contribution in [0.2, 0.25) is 0 Å². The Hall–Kier alpha value is -3.50. The third kappa shape index (κ3) is 6.26. The van der Waals surface area contributed by atoms with Crippen LogP contribution in [0, 0.1) is 0 Å². The van der Waals surface area contributed by atoms with Gasteiger partial charge in [0.2, 0.25) is 0 Å². The van der Waals surface area contributed by atoms with Crippen molar-refractivity contribution >= 4 is 34.0 Å². The zero-order valence-electron chi connectivity index (χ0n) is 14.5. The first kappa shape index (κ1) is 25.5. The van der Waals surface area contributed by atoms with Crippen LogP contribution in [-0.4, -0.2) is 42.8 Å². The number of hydrogen-bond acceptors (Lipinski definition) is 8. The molecule has 0 aliphatic heterocycles. The van der Waals surface area contributed by atoms with Gasteiger partial charge in [-0.2, -0.15) is 0 Å². The molecule has 0 unspecified atom stereocenters. The summed E-state index contributed by atoms with van der Waals surface area (Å²) in [6, 6.07) is 14.1. The van der Waals surface area contributed by atoms with E-state index in [2.05, 4.69) is 19.9 Å². The van der Waals surface area contributed by atoms with E-state index in [0.29, 0.717) is 22.1 Å². The zero-order valence-corrected chi connectivity index (χ0v) is 15.4. The molecule has 4 rings (SSSR count). The van der Waals surface area contributed by atoms with Crippen molar-refractivity contribution < 1.29 is 47.8 Å². The molecule has 0 atom stereocenters. The summed E-state index contributed by atoms with van der Waals surface area (Å²) in [5.74, 6) is -2.61. The number of aromatic nitrogens is 4. The van der Waals surface area contributed by atoms with Crippen molar-refractivity contribution in [3.8, 4) is 0 Å². The summed E-state index contributed by atoms with van der Waals surface area (Å²) in [6.45, 7) is 0. The molecule has 153 valence electrons. The van der Waals surface area contributed by atoms with E-state index >= 15 is 0 Å². The fourth-order valence-electron chi connectivity index (χ4n) is 2.11. The molecule has 2 aromatic heterocycles. The number of carboxylic acid groups (broad SMARTS) is 2. The Balaban J connectivity index is 0.000000490. The summed E-state index contributed by atoms with van der Waals surface area (Å²) in [5, 5.41) is 20.9. The smallest absolute Gasteiger partial charge is 0.543 e. The number of aromatic carboxylic acids is 2. The van der Waals surface area contributed by atoms with Crippen molar-refractivity contribution in [1.29, 1.82) is 0 Å². The van der Waals surface area contributed by atoms with Crippen LogP contribution in [0.3, 0.4) is 0 Å². The minimum atomic E-state index is -1.31. The molecule has 10 nitrogen and oxygen atoms in total. The minimum absolute atomic E-state index is 0. The second-order valence-electron chi connectivity index (χ2n) is 5.06. The van der Waals surface area contributed by atoms with E-state index in [4.69, 9.17) is 0 Å². The summed E-state index contributed by atoms with van der Waals surface area (Å²) in [7, 11) is 0. The van der Waals surface area contributed by atoms with Crippen LogP contribution >= 0.6 is 0 Å². The van der Waals surface area contributed by atoms with Gasteiger partial charge >= 0.3 is 17.1 Å². The van der Waals surface area contributed by atoms with Crippen LogP contribution < -0.4 is 10.2 Å². The van der Waals surface area contributed by atoms with Crippen molar-refractivity contribution in [2.45, 2.75) is 0 Å². The van der Waals surface area contributed by atoms with Gasteiger partial charge in [-0.25, -0.2) is 9.97 Å². The molecule has 2 aromatic carbocycles. The number of para-hydroxylation sites is 4. The molecule has 0 amide bonds. The van der Waals surface area contributed by atoms with E-state index in [-0.39, 0.29) is 39.4 Å². The number of carbonyl (C=O) groups is 2. The molecule has 29 heavy (non-hydrogen) atoms. The number of fused-ring (bicyclic) bond motifs is 2. The Morgan fingerprint density at radius 2 is 0.931 bits per heavy atom. The second kappa shape index (κ2) is 11.4. The molecule has 2 heterocycles. The van der Waals surface area contributed by atoms with E-state index in [0.717, 1.165) is 0 Å². The maximum atomic E-state index is 10.4. The second-order valence-corrected chi connectivity index (χ2v) is 5.06. The number of nitrogens with zero attached hydrogens (tertiary/aromatic N) is 4. The van der Waals surface area contributed by atoms with Crippen LogP contribution in [0.15, 0.2) is 60.9 Å². The van der Waals surface area contributed by atoms with Gasteiger partial charge in [-0.05, 0) is 24.3 Å². The molecule has 4 N–H and O–H groups in total. The first-order valence-electron chi connectivity index (χ1n) is 7.41. The number of rotatable bonds is 2. The van der Waals surface area contributed by atoms with Gasteiger partial charge in [0.05, 0.1) is 46.4 Å². The van der Waals surface area contributed by atoms with Crippen LogP contribution in [0.4, 0.5) is 0 Å². The van der Waals surface area contributed by atoms with Crippen molar-refractivity contribution in [2.24, 2.45) is 0 Å². The number of benzene rings is 2. The molecule has 4 aromatic rings. The van der Waals surface area contributed by atoms with Crippen LogP contribution in [-0.2, 0) is 17.1 Å². The maximum absolute atomic E-state index is 10.4. The van der Waals surface area contributed by atoms with E-state index in [1.165, 1.54) is 12.4 Å². The van der Waals surface area contributed by atoms with E-state index < -0.39 is 11.9 Å². The largest absolute Gasteiger partial charge is 2.00 e. The summed E-state index contributed by atoms with van der Waals surface area (Å²) >= 11 is 0. The standard InChI is InChI=1S/2C9H6N2O2.Cu.2H2O/c2*12-9(13)8-5-10-6-3-1-2-4-7(6)11-8;;;/h2*1-5H,(H,12,13);;2*1H2/q;;+2;;/p-2. The molecule has 0 saturated carbocycles. The van der Waals surface area contributed by atoms with Gasteiger partial charge in [-0.15, -0.1) is 0 Å². The van der Waals surface area contributed by atoms with E-state index in [1.54, 1.807) is 36.4 Å². The predicted molar refractivity (Wildman–Crippen MR) is 95.0 cm³/mol. The summed E-state index contributed by atoms with van der Waals surface area (Å²) in [5.41, 5.74) is 2.19. The molecule has 0 aliphatic carbocycles. The molecule has 0 fully saturated rings. The number of carbonyl (C=O) groups excluding carboxylic acids is 2. The maximum Gasteiger partial charge on any atom is 2.00 e. The first-order valence-corrected chi connectivity index (χ1v) is 7.41. The average molecular weight is 446 g/mol. The normalized spacial score (nSPS) is 9.10. The zero-order chi connectivity index (χ0) is 18.5. The molecule has 0 saturated heterocycles. The fourth-order valence-corrected chi connectivity index (χ4v) is 2.11. The van der Waals surface area contributed by atoms with Crippen molar-refractivity contribution in [1.82, 2.24) is 19.9 Å². The first-order chi connectivity index (χ1) is 12.5. The third-order valence-electron chi connectivity index (χ3n) is 3.32. The van der Waals surface area contributed by atoms with Gasteiger partial charge in [0.25, 0.3) is 0 Å².